The van der Waals surface area contributed by atoms with Crippen molar-refractivity contribution in [2.45, 2.75) is 44.5 Å². The van der Waals surface area contributed by atoms with Crippen LogP contribution < -0.4 is 11.1 Å². The van der Waals surface area contributed by atoms with Gasteiger partial charge >= 0.3 is 18.0 Å². The van der Waals surface area contributed by atoms with Gasteiger partial charge in [-0.1, -0.05) is 0 Å². The fourth-order valence-electron chi connectivity index (χ4n) is 2.69. The van der Waals surface area contributed by atoms with E-state index in [-0.39, 0.29) is 24.1 Å². The van der Waals surface area contributed by atoms with E-state index in [9.17, 15) is 22.5 Å². The second-order valence-electron chi connectivity index (χ2n) is 7.28. The lowest BCUT2D eigenvalue weighted by atomic mass is 10.1. The molecule has 29 heavy (non-hydrogen) atoms. The van der Waals surface area contributed by atoms with Crippen LogP contribution in [0.1, 0.15) is 37.9 Å². The summed E-state index contributed by atoms with van der Waals surface area (Å²) < 4.78 is 52.8. The van der Waals surface area contributed by atoms with Crippen LogP contribution in [-0.2, 0) is 22.2 Å². The molecule has 0 aliphatic carbocycles. The van der Waals surface area contributed by atoms with Crippen molar-refractivity contribution in [1.82, 2.24) is 14.3 Å². The normalized spacial score (nSPS) is 17.7. The second-order valence-corrected chi connectivity index (χ2v) is 7.95. The summed E-state index contributed by atoms with van der Waals surface area (Å²) in [6.45, 7) is 4.17. The Morgan fingerprint density at radius 1 is 1.45 bits per heavy atom. The van der Waals surface area contributed by atoms with Crippen molar-refractivity contribution in [3.63, 3.8) is 0 Å². The largest absolute Gasteiger partial charge is 0.590 e. The van der Waals surface area contributed by atoms with Crippen LogP contribution in [0.4, 0.5) is 19.1 Å². The Balaban J connectivity index is 2.28. The maximum atomic E-state index is 13.4. The number of hydrogen-bond acceptors (Lipinski definition) is 7. The van der Waals surface area contributed by atoms with Gasteiger partial charge in [0.2, 0.25) is 5.95 Å². The van der Waals surface area contributed by atoms with Crippen LogP contribution in [-0.4, -0.2) is 56.9 Å². The summed E-state index contributed by atoms with van der Waals surface area (Å²) in [6.07, 6.45) is -0.546. The first kappa shape index (κ1) is 23.1. The highest BCUT2D eigenvalue weighted by Crippen LogP contribution is 2.33. The third kappa shape index (κ3) is 6.98. The molecule has 0 bridgehead atoms. The zero-order valence-corrected chi connectivity index (χ0v) is 16.9. The van der Waals surface area contributed by atoms with E-state index < -0.39 is 23.0 Å². The number of anilines is 1. The SMILES string of the molecule is CC(C)(O)CN=C/C(=C\N)c1nc(NC2CCN([S+]=O)CC2)ncc1C(F)(F)F. The molecule has 1 fully saturated rings. The number of allylic oxidation sites excluding steroid dienone is 1. The fraction of sp³-hybridized carbons (Fsp3) is 0.588. The molecule has 0 unspecified atom stereocenters. The smallest absolute Gasteiger partial charge is 0.404 e. The molecule has 0 atom stereocenters. The van der Waals surface area contributed by atoms with Gasteiger partial charge in [0, 0.05) is 30.2 Å². The van der Waals surface area contributed by atoms with E-state index in [0.29, 0.717) is 44.0 Å². The fourth-order valence-corrected chi connectivity index (χ4v) is 3.05. The zero-order chi connectivity index (χ0) is 21.7. The summed E-state index contributed by atoms with van der Waals surface area (Å²) in [5.41, 5.74) is 2.95. The van der Waals surface area contributed by atoms with Crippen molar-refractivity contribution in [2.24, 2.45) is 10.7 Å². The molecule has 1 saturated heterocycles. The molecule has 0 aromatic carbocycles. The molecule has 1 aliphatic rings. The third-order valence-electron chi connectivity index (χ3n) is 4.15. The minimum atomic E-state index is -4.68. The first-order chi connectivity index (χ1) is 13.5. The first-order valence-electron chi connectivity index (χ1n) is 8.93. The number of alkyl halides is 3. The van der Waals surface area contributed by atoms with E-state index in [2.05, 4.69) is 20.3 Å². The quantitative estimate of drug-likeness (QED) is 0.343. The van der Waals surface area contributed by atoms with Crippen molar-refractivity contribution >= 4 is 29.6 Å². The average Bonchev–Trinajstić information content (AvgIpc) is 2.64. The molecule has 1 aliphatic heterocycles. The lowest BCUT2D eigenvalue weighted by molar-refractivity contribution is -0.138. The van der Waals surface area contributed by atoms with Gasteiger partial charge in [-0.05, 0) is 31.0 Å². The van der Waals surface area contributed by atoms with Crippen LogP contribution in [0.5, 0.6) is 0 Å². The van der Waals surface area contributed by atoms with Gasteiger partial charge in [0.1, 0.15) is 5.56 Å². The topological polar surface area (TPSA) is 117 Å². The number of aliphatic imine (C=N–C) groups is 1. The van der Waals surface area contributed by atoms with Crippen LogP contribution in [0.25, 0.3) is 5.57 Å². The second kappa shape index (κ2) is 9.55. The number of aromatic nitrogens is 2. The van der Waals surface area contributed by atoms with E-state index in [1.54, 1.807) is 4.31 Å². The molecule has 160 valence electrons. The van der Waals surface area contributed by atoms with Gasteiger partial charge in [0.15, 0.2) is 0 Å². The lowest BCUT2D eigenvalue weighted by Crippen LogP contribution is -2.37. The molecule has 1 aromatic heterocycles. The maximum absolute atomic E-state index is 13.4. The monoisotopic (exact) mass is 433 g/mol. The molecule has 8 nitrogen and oxygen atoms in total. The standard InChI is InChI=1S/C17H24F3N6O2S/c1-16(2,27)10-22-8-11(7-21)14-13(17(18,19)20)9-23-15(25-14)24-12-3-5-26(29-28)6-4-12/h7-9,12,27H,3-6,10,21H2,1-2H3,(H,23,24,25)/q+1/b11-7+,22-8?. The summed E-state index contributed by atoms with van der Waals surface area (Å²) in [6, 6.07) is -0.0582. The molecule has 0 saturated carbocycles. The van der Waals surface area contributed by atoms with Gasteiger partial charge in [0.25, 0.3) is 0 Å². The van der Waals surface area contributed by atoms with Crippen molar-refractivity contribution in [3.8, 4) is 0 Å². The Kier molecular flexibility index (Phi) is 7.60. The number of rotatable bonds is 7. The van der Waals surface area contributed by atoms with Gasteiger partial charge in [-0.3, -0.25) is 4.99 Å². The number of aliphatic hydroxyl groups is 1. The summed E-state index contributed by atoms with van der Waals surface area (Å²) >= 11 is 0.423. The summed E-state index contributed by atoms with van der Waals surface area (Å²) in [5.74, 6) is 0.0384. The Morgan fingerprint density at radius 2 is 2.10 bits per heavy atom. The molecule has 2 heterocycles. The first-order valence-corrected chi connectivity index (χ1v) is 9.63. The highest BCUT2D eigenvalue weighted by atomic mass is 32.2. The van der Waals surface area contributed by atoms with Crippen molar-refractivity contribution in [2.75, 3.05) is 25.0 Å². The number of halogens is 3. The average molecular weight is 433 g/mol. The Morgan fingerprint density at radius 3 is 2.62 bits per heavy atom. The Labute approximate surface area is 170 Å². The third-order valence-corrected chi connectivity index (χ3v) is 4.72. The number of nitrogens with two attached hydrogens (primary N) is 1. The Hall–Kier alpha value is -2.18. The van der Waals surface area contributed by atoms with E-state index in [0.717, 1.165) is 12.4 Å². The number of nitrogens with one attached hydrogen (secondary N) is 1. The minimum Gasteiger partial charge on any atom is -0.404 e. The predicted octanol–water partition coefficient (Wildman–Crippen LogP) is 1.86. The summed E-state index contributed by atoms with van der Waals surface area (Å²) in [4.78, 5) is 11.8. The molecular formula is C17H24F3N6O2S+. The van der Waals surface area contributed by atoms with Gasteiger partial charge in [-0.25, -0.2) is 9.97 Å². The molecule has 4 N–H and O–H groups in total. The van der Waals surface area contributed by atoms with E-state index in [1.165, 1.54) is 13.8 Å². The predicted molar refractivity (Wildman–Crippen MR) is 105 cm³/mol. The molecule has 0 spiro atoms. The Bertz CT molecular complexity index is 771. The van der Waals surface area contributed by atoms with Crippen LogP contribution in [0.2, 0.25) is 0 Å². The van der Waals surface area contributed by atoms with Gasteiger partial charge in [-0.15, -0.1) is 0 Å². The van der Waals surface area contributed by atoms with Crippen LogP contribution in [0, 0.1) is 0 Å². The number of nitrogens with zero attached hydrogens (tertiary/aromatic N) is 4. The summed E-state index contributed by atoms with van der Waals surface area (Å²) in [7, 11) is 0. The van der Waals surface area contributed by atoms with Gasteiger partial charge in [-0.2, -0.15) is 13.2 Å². The zero-order valence-electron chi connectivity index (χ0n) is 16.1. The highest BCUT2D eigenvalue weighted by Gasteiger charge is 2.36. The molecule has 1 aromatic rings. The molecule has 0 radical (unpaired) electrons. The number of hydrogen-bond donors (Lipinski definition) is 3. The van der Waals surface area contributed by atoms with E-state index in [4.69, 9.17) is 5.73 Å². The van der Waals surface area contributed by atoms with Crippen LogP contribution in [0.15, 0.2) is 17.4 Å². The van der Waals surface area contributed by atoms with Crippen molar-refractivity contribution < 1.29 is 22.5 Å². The molecule has 2 rings (SSSR count). The van der Waals surface area contributed by atoms with Crippen LogP contribution >= 0.6 is 0 Å². The summed E-state index contributed by atoms with van der Waals surface area (Å²) in [5, 5.41) is 12.7. The lowest BCUT2D eigenvalue weighted by Gasteiger charge is -2.23. The maximum Gasteiger partial charge on any atom is 0.590 e. The van der Waals surface area contributed by atoms with E-state index in [1.807, 2.05) is 0 Å². The van der Waals surface area contributed by atoms with Crippen LogP contribution in [0.3, 0.4) is 0 Å². The van der Waals surface area contributed by atoms with Gasteiger partial charge in [0.05, 0.1) is 35.1 Å². The van der Waals surface area contributed by atoms with E-state index >= 15 is 0 Å². The molecule has 0 amide bonds. The van der Waals surface area contributed by atoms with Gasteiger partial charge < -0.3 is 16.2 Å². The van der Waals surface area contributed by atoms with Crippen molar-refractivity contribution in [1.29, 1.82) is 0 Å². The molecule has 12 heteroatoms. The highest BCUT2D eigenvalue weighted by molar-refractivity contribution is 7.62. The number of piperidine rings is 1. The van der Waals surface area contributed by atoms with Crippen molar-refractivity contribution in [3.05, 3.63) is 23.7 Å². The molecular weight excluding hydrogens is 409 g/mol. The minimum absolute atomic E-state index is 0.0157.